The van der Waals surface area contributed by atoms with Crippen molar-refractivity contribution in [2.45, 2.75) is 45.4 Å². The quantitative estimate of drug-likeness (QED) is 0.358. The third-order valence-electron chi connectivity index (χ3n) is 2.68. The van der Waals surface area contributed by atoms with E-state index < -0.39 is 5.97 Å². The van der Waals surface area contributed by atoms with Gasteiger partial charge in [0.1, 0.15) is 0 Å². The van der Waals surface area contributed by atoms with Crippen LogP contribution in [0.25, 0.3) is 0 Å². The molecule has 0 aromatic heterocycles. The van der Waals surface area contributed by atoms with Gasteiger partial charge in [0.15, 0.2) is 0 Å². The predicted molar refractivity (Wildman–Crippen MR) is 74.9 cm³/mol. The van der Waals surface area contributed by atoms with Crippen molar-refractivity contribution in [2.24, 2.45) is 5.92 Å². The Balaban J connectivity index is 0. The number of carboxylic acid groups (broad SMARTS) is 1. The molecule has 0 rings (SSSR count). The molecule has 0 fully saturated rings. The van der Waals surface area contributed by atoms with Gasteiger partial charge in [-0.25, -0.2) is 4.79 Å². The Morgan fingerprint density at radius 2 is 1.53 bits per heavy atom. The molecule has 0 aliphatic rings. The maximum Gasteiger partial charge on any atom is 0.330 e. The van der Waals surface area contributed by atoms with Crippen LogP contribution in [0.2, 0.25) is 0 Å². The molecule has 0 aromatic rings. The largest absolute Gasteiger partial charge is 0.478 e. The summed E-state index contributed by atoms with van der Waals surface area (Å²) >= 11 is 0. The highest BCUT2D eigenvalue weighted by Gasteiger charge is 2.05. The number of unbranched alkanes of at least 4 members (excludes halogenated alkanes) is 3. The van der Waals surface area contributed by atoms with Crippen molar-refractivity contribution in [1.82, 2.24) is 0 Å². The van der Waals surface area contributed by atoms with Gasteiger partial charge in [-0.05, 0) is 32.1 Å². The number of carbonyl (C=O) groups is 1. The number of aliphatic hydroxyl groups is 3. The first-order chi connectivity index (χ1) is 8.99. The zero-order valence-electron chi connectivity index (χ0n) is 11.8. The summed E-state index contributed by atoms with van der Waals surface area (Å²) in [5, 5.41) is 34.0. The van der Waals surface area contributed by atoms with Crippen LogP contribution in [-0.2, 0) is 4.79 Å². The highest BCUT2D eigenvalue weighted by atomic mass is 16.4. The zero-order chi connectivity index (χ0) is 15.1. The lowest BCUT2D eigenvalue weighted by Gasteiger charge is -2.11. The summed E-state index contributed by atoms with van der Waals surface area (Å²) in [6.07, 6.45) is 5.84. The van der Waals surface area contributed by atoms with E-state index in [-0.39, 0.29) is 31.3 Å². The molecule has 0 aliphatic carbocycles. The molecular formula is C14H28O5. The van der Waals surface area contributed by atoms with Crippen LogP contribution in [0.3, 0.4) is 0 Å². The number of aliphatic carboxylic acids is 1. The molecule has 5 heteroatoms. The fourth-order valence-corrected chi connectivity index (χ4v) is 1.41. The Bertz CT molecular complexity index is 216. The van der Waals surface area contributed by atoms with Crippen LogP contribution in [-0.4, -0.2) is 46.2 Å². The summed E-state index contributed by atoms with van der Waals surface area (Å²) in [5.74, 6) is -0.672. The van der Waals surface area contributed by atoms with Crippen LogP contribution in [0.15, 0.2) is 12.2 Å². The third-order valence-corrected chi connectivity index (χ3v) is 2.68. The highest BCUT2D eigenvalue weighted by molar-refractivity contribution is 5.84. The molecule has 114 valence electrons. The van der Waals surface area contributed by atoms with Crippen LogP contribution in [0, 0.1) is 5.92 Å². The van der Waals surface area contributed by atoms with Gasteiger partial charge in [-0.1, -0.05) is 25.8 Å². The smallest absolute Gasteiger partial charge is 0.330 e. The minimum Gasteiger partial charge on any atom is -0.478 e. The van der Waals surface area contributed by atoms with Crippen molar-refractivity contribution < 1.29 is 25.2 Å². The van der Waals surface area contributed by atoms with E-state index in [1.807, 2.05) is 0 Å². The monoisotopic (exact) mass is 276 g/mol. The SMILES string of the molecule is C=C(C)C(=O)O.OCCCCCCC(CO)CCO. The van der Waals surface area contributed by atoms with Crippen LogP contribution in [0.5, 0.6) is 0 Å². The van der Waals surface area contributed by atoms with Crippen molar-refractivity contribution >= 4 is 5.97 Å². The zero-order valence-corrected chi connectivity index (χ0v) is 11.8. The van der Waals surface area contributed by atoms with Gasteiger partial charge in [0.2, 0.25) is 0 Å². The maximum atomic E-state index is 9.60. The Labute approximate surface area is 115 Å². The topological polar surface area (TPSA) is 98.0 Å². The van der Waals surface area contributed by atoms with Gasteiger partial charge < -0.3 is 20.4 Å². The molecule has 0 saturated carbocycles. The Morgan fingerprint density at radius 3 is 1.89 bits per heavy atom. The van der Waals surface area contributed by atoms with Crippen molar-refractivity contribution in [3.8, 4) is 0 Å². The van der Waals surface area contributed by atoms with Crippen LogP contribution in [0.4, 0.5) is 0 Å². The van der Waals surface area contributed by atoms with E-state index in [2.05, 4.69) is 6.58 Å². The lowest BCUT2D eigenvalue weighted by molar-refractivity contribution is -0.132. The average molecular weight is 276 g/mol. The number of aliphatic hydroxyl groups excluding tert-OH is 3. The Hall–Kier alpha value is -0.910. The molecular weight excluding hydrogens is 248 g/mol. The van der Waals surface area contributed by atoms with Crippen LogP contribution >= 0.6 is 0 Å². The van der Waals surface area contributed by atoms with Crippen molar-refractivity contribution in [3.05, 3.63) is 12.2 Å². The van der Waals surface area contributed by atoms with E-state index in [1.165, 1.54) is 6.92 Å². The predicted octanol–water partition coefficient (Wildman–Crippen LogP) is 1.57. The van der Waals surface area contributed by atoms with Gasteiger partial charge >= 0.3 is 5.97 Å². The molecule has 0 bridgehead atoms. The van der Waals surface area contributed by atoms with E-state index in [1.54, 1.807) is 0 Å². The maximum absolute atomic E-state index is 9.60. The first kappa shape index (κ1) is 20.4. The van der Waals surface area contributed by atoms with Gasteiger partial charge in [0, 0.05) is 25.4 Å². The molecule has 1 unspecified atom stereocenters. The molecule has 0 aliphatic heterocycles. The second-order valence-corrected chi connectivity index (χ2v) is 4.57. The molecule has 1 atom stereocenters. The summed E-state index contributed by atoms with van der Waals surface area (Å²) < 4.78 is 0. The minimum absolute atomic E-state index is 0.169. The highest BCUT2D eigenvalue weighted by Crippen LogP contribution is 2.13. The summed E-state index contributed by atoms with van der Waals surface area (Å²) in [5.41, 5.74) is 0.176. The van der Waals surface area contributed by atoms with Crippen molar-refractivity contribution in [2.75, 3.05) is 19.8 Å². The molecule has 4 N–H and O–H groups in total. The second-order valence-electron chi connectivity index (χ2n) is 4.57. The molecule has 0 amide bonds. The van der Waals surface area contributed by atoms with E-state index in [0.717, 1.165) is 32.1 Å². The molecule has 0 radical (unpaired) electrons. The summed E-state index contributed by atoms with van der Waals surface area (Å²) in [7, 11) is 0. The summed E-state index contributed by atoms with van der Waals surface area (Å²) in [6, 6.07) is 0. The first-order valence-corrected chi connectivity index (χ1v) is 6.70. The van der Waals surface area contributed by atoms with E-state index in [9.17, 15) is 4.79 Å². The van der Waals surface area contributed by atoms with Crippen LogP contribution < -0.4 is 0 Å². The Morgan fingerprint density at radius 1 is 1.00 bits per heavy atom. The molecule has 0 spiro atoms. The molecule has 0 saturated heterocycles. The van der Waals surface area contributed by atoms with Gasteiger partial charge in [-0.2, -0.15) is 0 Å². The standard InChI is InChI=1S/C10H22O3.C4H6O2/c11-7-4-2-1-3-5-10(9-13)6-8-12;1-3(2)4(5)6/h10-13H,1-9H2;1H2,2H3,(H,5,6). The fourth-order valence-electron chi connectivity index (χ4n) is 1.41. The normalized spacial score (nSPS) is 11.4. The van der Waals surface area contributed by atoms with Crippen molar-refractivity contribution in [1.29, 1.82) is 0 Å². The molecule has 0 aromatic carbocycles. The Kier molecular flexibility index (Phi) is 16.3. The van der Waals surface area contributed by atoms with E-state index in [4.69, 9.17) is 20.4 Å². The van der Waals surface area contributed by atoms with E-state index in [0.29, 0.717) is 6.42 Å². The molecule has 19 heavy (non-hydrogen) atoms. The fraction of sp³-hybridized carbons (Fsp3) is 0.786. The lowest BCUT2D eigenvalue weighted by Crippen LogP contribution is -2.08. The number of hydrogen-bond donors (Lipinski definition) is 4. The summed E-state index contributed by atoms with van der Waals surface area (Å²) in [6.45, 7) is 5.23. The van der Waals surface area contributed by atoms with Crippen molar-refractivity contribution in [3.63, 3.8) is 0 Å². The van der Waals surface area contributed by atoms with Gasteiger partial charge in [-0.3, -0.25) is 0 Å². The lowest BCUT2D eigenvalue weighted by atomic mass is 9.99. The first-order valence-electron chi connectivity index (χ1n) is 6.70. The molecule has 0 heterocycles. The van der Waals surface area contributed by atoms with Gasteiger partial charge in [0.05, 0.1) is 0 Å². The average Bonchev–Trinajstić information content (AvgIpc) is 2.37. The number of rotatable bonds is 10. The number of hydrogen-bond acceptors (Lipinski definition) is 4. The third kappa shape index (κ3) is 17.1. The summed E-state index contributed by atoms with van der Waals surface area (Å²) in [4.78, 5) is 9.60. The second kappa shape index (κ2) is 15.1. The van der Waals surface area contributed by atoms with Gasteiger partial charge in [-0.15, -0.1) is 0 Å². The van der Waals surface area contributed by atoms with E-state index >= 15 is 0 Å². The molecule has 5 nitrogen and oxygen atoms in total. The number of carboxylic acids is 1. The van der Waals surface area contributed by atoms with Crippen LogP contribution in [0.1, 0.15) is 45.4 Å². The van der Waals surface area contributed by atoms with Gasteiger partial charge in [0.25, 0.3) is 0 Å². The minimum atomic E-state index is -0.935.